The van der Waals surface area contributed by atoms with Crippen molar-refractivity contribution >= 4 is 34.2 Å². The lowest BCUT2D eigenvalue weighted by atomic mass is 10.5. The Morgan fingerprint density at radius 2 is 2.33 bits per heavy atom. The minimum absolute atomic E-state index is 1.03. The van der Waals surface area contributed by atoms with Crippen LogP contribution < -0.4 is 0 Å². The minimum atomic E-state index is 1.03. The second kappa shape index (κ2) is 2.11. The van der Waals surface area contributed by atoms with Crippen LogP contribution in [0.1, 0.15) is 0 Å². The highest BCUT2D eigenvalue weighted by Gasteiger charge is 2.15. The van der Waals surface area contributed by atoms with Gasteiger partial charge in [-0.05, 0) is 27.7 Å². The van der Waals surface area contributed by atoms with Crippen molar-refractivity contribution in [1.82, 2.24) is 4.98 Å². The van der Waals surface area contributed by atoms with Crippen molar-refractivity contribution in [2.75, 3.05) is 0 Å². The molecule has 4 heteroatoms. The normalized spacial score (nSPS) is 14.3. The van der Waals surface area contributed by atoms with E-state index >= 15 is 0 Å². The molecule has 0 saturated carbocycles. The van der Waals surface area contributed by atoms with E-state index in [1.165, 1.54) is 4.90 Å². The quantitative estimate of drug-likeness (QED) is 0.478. The molecule has 2 rings (SSSR count). The van der Waals surface area contributed by atoms with Gasteiger partial charge in [-0.25, -0.2) is 4.98 Å². The third-order valence-corrected chi connectivity index (χ3v) is 4.15. The minimum Gasteiger partial charge on any atom is -0.248 e. The Balaban J connectivity index is 2.71. The molecule has 46 valence electrons. The molecule has 0 aliphatic carbocycles. The molecule has 1 aliphatic heterocycles. The van der Waals surface area contributed by atoms with Gasteiger partial charge in [0.25, 0.3) is 0 Å². The fourth-order valence-corrected chi connectivity index (χ4v) is 3.53. The van der Waals surface area contributed by atoms with Crippen molar-refractivity contribution in [3.63, 3.8) is 0 Å². The van der Waals surface area contributed by atoms with Crippen LogP contribution >= 0.6 is 34.2 Å². The second-order valence-corrected chi connectivity index (χ2v) is 4.24. The first-order chi connectivity index (χ1) is 4.38. The maximum atomic E-state index is 4.27. The van der Waals surface area contributed by atoms with Gasteiger partial charge in [0.2, 0.25) is 0 Å². The molecule has 0 fully saturated rings. The van der Waals surface area contributed by atoms with E-state index in [4.69, 9.17) is 0 Å². The molecule has 0 radical (unpaired) electrons. The van der Waals surface area contributed by atoms with Crippen LogP contribution in [0.25, 0.3) is 0 Å². The molecule has 1 aromatic rings. The van der Waals surface area contributed by atoms with Gasteiger partial charge in [0, 0.05) is 11.1 Å². The number of fused-ring (bicyclic) bond motifs is 2. The molecule has 9 heavy (non-hydrogen) atoms. The third kappa shape index (κ3) is 0.855. The van der Waals surface area contributed by atoms with E-state index in [1.54, 1.807) is 21.6 Å². The molecule has 0 saturated heterocycles. The average molecular weight is 173 g/mol. The van der Waals surface area contributed by atoms with Crippen LogP contribution in [0.3, 0.4) is 0 Å². The van der Waals surface area contributed by atoms with Crippen molar-refractivity contribution in [3.8, 4) is 0 Å². The van der Waals surface area contributed by atoms with Gasteiger partial charge in [0.05, 0.1) is 4.90 Å². The summed E-state index contributed by atoms with van der Waals surface area (Å²) >= 11 is 4.27. The molecule has 0 amide bonds. The molecule has 1 aliphatic rings. The monoisotopic (exact) mass is 173 g/mol. The average Bonchev–Trinajstić information content (AvgIpc) is 2.19. The van der Waals surface area contributed by atoms with Crippen LogP contribution in [0.15, 0.2) is 27.1 Å². The van der Waals surface area contributed by atoms with Crippen molar-refractivity contribution < 1.29 is 0 Å². The van der Waals surface area contributed by atoms with Crippen molar-refractivity contribution in [2.45, 2.75) is 14.8 Å². The summed E-state index contributed by atoms with van der Waals surface area (Å²) in [6.45, 7) is 0. The summed E-state index contributed by atoms with van der Waals surface area (Å²) in [5.41, 5.74) is 0. The Morgan fingerprint density at radius 1 is 1.44 bits per heavy atom. The van der Waals surface area contributed by atoms with Gasteiger partial charge in [0.1, 0.15) is 5.03 Å². The van der Waals surface area contributed by atoms with E-state index in [0.29, 0.717) is 0 Å². The number of hydrogen-bond acceptors (Lipinski definition) is 4. The molecule has 2 heterocycles. The number of nitrogens with zero attached hydrogens (tertiary/aromatic N) is 1. The zero-order chi connectivity index (χ0) is 6.27. The smallest absolute Gasteiger partial charge is 0.121 e. The Bertz CT molecular complexity index is 226. The maximum Gasteiger partial charge on any atom is 0.121 e. The fourth-order valence-electron chi connectivity index (χ4n) is 0.631. The van der Waals surface area contributed by atoms with Crippen LogP contribution in [0.4, 0.5) is 0 Å². The summed E-state index contributed by atoms with van der Waals surface area (Å²) in [5.74, 6) is 0. The standard InChI is InChI=1S/C5H3NS3/c7-4-3-1-2-6-5(4)9-8-3/h1-2,7H. The van der Waals surface area contributed by atoms with Crippen LogP contribution in [-0.2, 0) is 0 Å². The number of hydrogen-bond donors (Lipinski definition) is 1. The SMILES string of the molecule is Sc1c2ccnc1SS2. The first-order valence-electron chi connectivity index (χ1n) is 2.40. The molecule has 2 bridgehead atoms. The van der Waals surface area contributed by atoms with Gasteiger partial charge in [-0.15, -0.1) is 12.6 Å². The lowest BCUT2D eigenvalue weighted by molar-refractivity contribution is 0.990. The van der Waals surface area contributed by atoms with Crippen LogP contribution in [0, 0.1) is 0 Å². The van der Waals surface area contributed by atoms with Gasteiger partial charge in [0.15, 0.2) is 0 Å². The van der Waals surface area contributed by atoms with Crippen LogP contribution in [-0.4, -0.2) is 4.98 Å². The molecule has 0 N–H and O–H groups in total. The van der Waals surface area contributed by atoms with E-state index in [-0.39, 0.29) is 0 Å². The predicted octanol–water partition coefficient (Wildman–Crippen LogP) is 2.48. The molecule has 1 aromatic heterocycles. The van der Waals surface area contributed by atoms with E-state index in [1.807, 2.05) is 12.3 Å². The van der Waals surface area contributed by atoms with E-state index in [2.05, 4.69) is 17.6 Å². The van der Waals surface area contributed by atoms with Crippen LogP contribution in [0.2, 0.25) is 0 Å². The number of thiol groups is 1. The first-order valence-corrected chi connectivity index (χ1v) is 5.00. The summed E-state index contributed by atoms with van der Waals surface area (Å²) < 4.78 is 0. The van der Waals surface area contributed by atoms with Gasteiger partial charge in [-0.1, -0.05) is 0 Å². The van der Waals surface area contributed by atoms with Crippen molar-refractivity contribution in [2.24, 2.45) is 0 Å². The number of aromatic nitrogens is 1. The zero-order valence-corrected chi connectivity index (χ0v) is 6.89. The second-order valence-electron chi connectivity index (χ2n) is 1.63. The molecule has 0 atom stereocenters. The topological polar surface area (TPSA) is 12.9 Å². The Kier molecular flexibility index (Phi) is 1.39. The summed E-state index contributed by atoms with van der Waals surface area (Å²) in [5, 5.41) is 1.04. The zero-order valence-electron chi connectivity index (χ0n) is 4.37. The molecular weight excluding hydrogens is 170 g/mol. The lowest BCUT2D eigenvalue weighted by Crippen LogP contribution is -1.73. The lowest BCUT2D eigenvalue weighted by Gasteiger charge is -1.89. The summed E-state index contributed by atoms with van der Waals surface area (Å²) in [6, 6.07) is 1.98. The maximum absolute atomic E-state index is 4.27. The number of rotatable bonds is 0. The summed E-state index contributed by atoms with van der Waals surface area (Å²) in [4.78, 5) is 6.38. The first kappa shape index (κ1) is 5.95. The molecule has 0 aromatic carbocycles. The van der Waals surface area contributed by atoms with Crippen molar-refractivity contribution in [1.29, 1.82) is 0 Å². The Hall–Kier alpha value is 0.200. The highest BCUT2D eigenvalue weighted by Crippen LogP contribution is 2.49. The largest absolute Gasteiger partial charge is 0.248 e. The summed E-state index contributed by atoms with van der Waals surface area (Å²) in [6.07, 6.45) is 1.82. The van der Waals surface area contributed by atoms with Gasteiger partial charge in [-0.3, -0.25) is 0 Å². The highest BCUT2D eigenvalue weighted by molar-refractivity contribution is 8.77. The predicted molar refractivity (Wildman–Crippen MR) is 43.2 cm³/mol. The molecule has 0 spiro atoms. The molecular formula is C5H3NS3. The van der Waals surface area contributed by atoms with E-state index < -0.39 is 0 Å². The Morgan fingerprint density at radius 3 is 3.00 bits per heavy atom. The fraction of sp³-hybridized carbons (Fsp3) is 0. The van der Waals surface area contributed by atoms with Gasteiger partial charge >= 0.3 is 0 Å². The summed E-state index contributed by atoms with van der Waals surface area (Å²) in [7, 11) is 3.40. The van der Waals surface area contributed by atoms with E-state index in [9.17, 15) is 0 Å². The van der Waals surface area contributed by atoms with Crippen LogP contribution in [0.5, 0.6) is 0 Å². The molecule has 0 unspecified atom stereocenters. The van der Waals surface area contributed by atoms with Crippen molar-refractivity contribution in [3.05, 3.63) is 12.3 Å². The van der Waals surface area contributed by atoms with Gasteiger partial charge in [-0.2, -0.15) is 0 Å². The van der Waals surface area contributed by atoms with Gasteiger partial charge < -0.3 is 0 Å². The number of pyridine rings is 1. The Labute approximate surface area is 66.4 Å². The third-order valence-electron chi connectivity index (χ3n) is 1.06. The molecule has 1 nitrogen and oxygen atoms in total. The highest BCUT2D eigenvalue weighted by atomic mass is 33.1. The van der Waals surface area contributed by atoms with E-state index in [0.717, 1.165) is 9.92 Å².